The first-order valence-electron chi connectivity index (χ1n) is 6.65. The molecule has 2 N–H and O–H groups in total. The molecule has 0 aromatic carbocycles. The van der Waals surface area contributed by atoms with Crippen molar-refractivity contribution < 1.29 is 0 Å². The molecule has 3 unspecified atom stereocenters. The van der Waals surface area contributed by atoms with Crippen LogP contribution in [-0.2, 0) is 0 Å². The molecule has 0 spiro atoms. The fraction of sp³-hybridized carbons (Fsp3) is 0.643. The van der Waals surface area contributed by atoms with Gasteiger partial charge in [0, 0.05) is 19.8 Å². The van der Waals surface area contributed by atoms with Crippen molar-refractivity contribution in [3.8, 4) is 0 Å². The van der Waals surface area contributed by atoms with Gasteiger partial charge in [0.25, 0.3) is 0 Å². The highest BCUT2D eigenvalue weighted by atomic mass is 15.1. The summed E-state index contributed by atoms with van der Waals surface area (Å²) in [4.78, 5) is 6.44. The quantitative estimate of drug-likeness (QED) is 0.869. The highest BCUT2D eigenvalue weighted by Crippen LogP contribution is 2.48. The molecule has 2 aliphatic carbocycles. The van der Waals surface area contributed by atoms with Gasteiger partial charge in [0.15, 0.2) is 0 Å². The molecule has 3 rings (SSSR count). The monoisotopic (exact) mass is 231 g/mol. The molecular weight excluding hydrogens is 210 g/mol. The van der Waals surface area contributed by atoms with Crippen LogP contribution in [0.4, 0.5) is 11.5 Å². The number of pyridine rings is 1. The first-order chi connectivity index (χ1) is 8.24. The Hall–Kier alpha value is -1.25. The zero-order valence-electron chi connectivity index (χ0n) is 10.5. The van der Waals surface area contributed by atoms with Gasteiger partial charge in [0.05, 0.1) is 5.69 Å². The van der Waals surface area contributed by atoms with Gasteiger partial charge in [-0.1, -0.05) is 6.42 Å². The van der Waals surface area contributed by atoms with Crippen LogP contribution < -0.4 is 10.6 Å². The second-order valence-corrected chi connectivity index (χ2v) is 5.72. The van der Waals surface area contributed by atoms with Crippen molar-refractivity contribution >= 4 is 11.5 Å². The first kappa shape index (κ1) is 10.9. The van der Waals surface area contributed by atoms with Crippen LogP contribution in [0.3, 0.4) is 0 Å². The fourth-order valence-corrected chi connectivity index (χ4v) is 3.78. The Morgan fingerprint density at radius 2 is 2.29 bits per heavy atom. The number of aromatic nitrogens is 1. The molecule has 1 aromatic heterocycles. The van der Waals surface area contributed by atoms with Crippen LogP contribution in [0.2, 0.25) is 0 Å². The second-order valence-electron chi connectivity index (χ2n) is 5.72. The smallest absolute Gasteiger partial charge is 0.146 e. The summed E-state index contributed by atoms with van der Waals surface area (Å²) >= 11 is 0. The van der Waals surface area contributed by atoms with Crippen molar-refractivity contribution in [3.05, 3.63) is 18.3 Å². The minimum atomic E-state index is 0.651. The third kappa shape index (κ3) is 1.99. The summed E-state index contributed by atoms with van der Waals surface area (Å²) in [5.41, 5.74) is 7.00. The van der Waals surface area contributed by atoms with Crippen LogP contribution in [0.1, 0.15) is 25.7 Å². The summed E-state index contributed by atoms with van der Waals surface area (Å²) in [7, 11) is 2.14. The lowest BCUT2D eigenvalue weighted by Gasteiger charge is -2.28. The molecule has 3 atom stereocenters. The van der Waals surface area contributed by atoms with E-state index in [2.05, 4.69) is 23.0 Å². The first-order valence-corrected chi connectivity index (χ1v) is 6.65. The SMILES string of the molecule is CN(CC1CC2CCC1C2)c1cccnc1N. The zero-order valence-corrected chi connectivity index (χ0v) is 10.5. The minimum Gasteiger partial charge on any atom is -0.382 e. The van der Waals surface area contributed by atoms with E-state index in [-0.39, 0.29) is 0 Å². The van der Waals surface area contributed by atoms with Gasteiger partial charge in [-0.2, -0.15) is 0 Å². The average molecular weight is 231 g/mol. The third-order valence-electron chi connectivity index (χ3n) is 4.62. The second kappa shape index (κ2) is 4.21. The number of fused-ring (bicyclic) bond motifs is 2. The summed E-state index contributed by atoms with van der Waals surface area (Å²) in [6.07, 6.45) is 7.58. The largest absolute Gasteiger partial charge is 0.382 e. The molecule has 0 radical (unpaired) electrons. The lowest BCUT2D eigenvalue weighted by atomic mass is 9.88. The van der Waals surface area contributed by atoms with E-state index in [1.54, 1.807) is 6.20 Å². The molecule has 2 bridgehead atoms. The maximum atomic E-state index is 5.92. The van der Waals surface area contributed by atoms with E-state index in [9.17, 15) is 0 Å². The molecule has 2 aliphatic rings. The molecule has 3 heteroatoms. The standard InChI is InChI=1S/C14H21N3/c1-17(13-3-2-6-16-14(13)15)9-12-8-10-4-5-11(12)7-10/h2-3,6,10-12H,4-5,7-9H2,1H3,(H2,15,16). The maximum Gasteiger partial charge on any atom is 0.146 e. The van der Waals surface area contributed by atoms with Crippen molar-refractivity contribution in [1.29, 1.82) is 0 Å². The van der Waals surface area contributed by atoms with E-state index in [1.165, 1.54) is 25.7 Å². The zero-order chi connectivity index (χ0) is 11.8. The Bertz CT molecular complexity index is 404. The predicted octanol–water partition coefficient (Wildman–Crippen LogP) is 2.54. The van der Waals surface area contributed by atoms with Crippen molar-refractivity contribution in [2.24, 2.45) is 17.8 Å². The topological polar surface area (TPSA) is 42.2 Å². The van der Waals surface area contributed by atoms with E-state index in [0.29, 0.717) is 5.82 Å². The Kier molecular flexibility index (Phi) is 2.69. The Morgan fingerprint density at radius 1 is 1.41 bits per heavy atom. The Balaban J connectivity index is 1.68. The van der Waals surface area contributed by atoms with Crippen LogP contribution in [0.15, 0.2) is 18.3 Å². The third-order valence-corrected chi connectivity index (χ3v) is 4.62. The van der Waals surface area contributed by atoms with E-state index >= 15 is 0 Å². The number of rotatable bonds is 3. The molecule has 0 amide bonds. The fourth-order valence-electron chi connectivity index (χ4n) is 3.78. The van der Waals surface area contributed by atoms with Crippen LogP contribution >= 0.6 is 0 Å². The van der Waals surface area contributed by atoms with Gasteiger partial charge in [0.2, 0.25) is 0 Å². The molecule has 92 valence electrons. The number of hydrogen-bond acceptors (Lipinski definition) is 3. The van der Waals surface area contributed by atoms with Crippen LogP contribution in [0.25, 0.3) is 0 Å². The van der Waals surface area contributed by atoms with E-state index in [0.717, 1.165) is 30.0 Å². The van der Waals surface area contributed by atoms with Crippen LogP contribution in [0.5, 0.6) is 0 Å². The predicted molar refractivity (Wildman–Crippen MR) is 70.9 cm³/mol. The van der Waals surface area contributed by atoms with Crippen molar-refractivity contribution in [2.75, 3.05) is 24.2 Å². The molecule has 2 saturated carbocycles. The maximum absolute atomic E-state index is 5.92. The van der Waals surface area contributed by atoms with Gasteiger partial charge in [-0.3, -0.25) is 0 Å². The summed E-state index contributed by atoms with van der Waals surface area (Å²) < 4.78 is 0. The highest BCUT2D eigenvalue weighted by molar-refractivity contribution is 5.62. The molecule has 0 aliphatic heterocycles. The van der Waals surface area contributed by atoms with Gasteiger partial charge in [-0.15, -0.1) is 0 Å². The summed E-state index contributed by atoms with van der Waals surface area (Å²) in [5, 5.41) is 0. The van der Waals surface area contributed by atoms with Gasteiger partial charge in [-0.25, -0.2) is 4.98 Å². The van der Waals surface area contributed by atoms with E-state index in [4.69, 9.17) is 5.73 Å². The molecule has 17 heavy (non-hydrogen) atoms. The average Bonchev–Trinajstić information content (AvgIpc) is 2.91. The summed E-state index contributed by atoms with van der Waals surface area (Å²) in [6, 6.07) is 4.03. The van der Waals surface area contributed by atoms with Gasteiger partial charge >= 0.3 is 0 Å². The number of nitrogens with zero attached hydrogens (tertiary/aromatic N) is 2. The number of anilines is 2. The van der Waals surface area contributed by atoms with Crippen molar-refractivity contribution in [2.45, 2.75) is 25.7 Å². The lowest BCUT2D eigenvalue weighted by Crippen LogP contribution is -2.29. The number of nitrogens with two attached hydrogens (primary N) is 1. The molecule has 1 aromatic rings. The molecule has 0 saturated heterocycles. The van der Waals surface area contributed by atoms with E-state index in [1.807, 2.05) is 6.07 Å². The molecule has 2 fully saturated rings. The minimum absolute atomic E-state index is 0.651. The molecule has 1 heterocycles. The summed E-state index contributed by atoms with van der Waals surface area (Å²) in [5.74, 6) is 3.52. The Morgan fingerprint density at radius 3 is 2.94 bits per heavy atom. The molecular formula is C14H21N3. The van der Waals surface area contributed by atoms with Gasteiger partial charge in [-0.05, 0) is 49.1 Å². The number of nitrogen functional groups attached to an aromatic ring is 1. The van der Waals surface area contributed by atoms with Crippen LogP contribution in [0, 0.1) is 17.8 Å². The van der Waals surface area contributed by atoms with Crippen molar-refractivity contribution in [1.82, 2.24) is 4.98 Å². The van der Waals surface area contributed by atoms with Gasteiger partial charge in [0.1, 0.15) is 5.82 Å². The number of hydrogen-bond donors (Lipinski definition) is 1. The highest BCUT2D eigenvalue weighted by Gasteiger charge is 2.39. The van der Waals surface area contributed by atoms with E-state index < -0.39 is 0 Å². The Labute approximate surface area is 103 Å². The normalized spacial score (nSPS) is 30.8. The van der Waals surface area contributed by atoms with Crippen LogP contribution in [-0.4, -0.2) is 18.6 Å². The summed E-state index contributed by atoms with van der Waals surface area (Å²) in [6.45, 7) is 1.14. The van der Waals surface area contributed by atoms with Crippen molar-refractivity contribution in [3.63, 3.8) is 0 Å². The molecule has 3 nitrogen and oxygen atoms in total. The lowest BCUT2D eigenvalue weighted by molar-refractivity contribution is 0.337. The van der Waals surface area contributed by atoms with Gasteiger partial charge < -0.3 is 10.6 Å².